The third kappa shape index (κ3) is 5.83. The number of aliphatic hydroxyl groups excluding tert-OH is 1. The van der Waals surface area contributed by atoms with Crippen LogP contribution in [0, 0.1) is 17.8 Å². The minimum atomic E-state index is -1.41. The third-order valence-corrected chi connectivity index (χ3v) is 9.54. The number of amides is 3. The number of thioether (sulfide) groups is 2. The van der Waals surface area contributed by atoms with E-state index in [0.717, 1.165) is 23.1 Å². The number of hydrogen-bond donors (Lipinski definition) is 5. The molecule has 0 spiro atoms. The summed E-state index contributed by atoms with van der Waals surface area (Å²) in [5, 5.41) is 42.7. The number of thiazole rings is 1. The van der Waals surface area contributed by atoms with E-state index in [1.165, 1.54) is 22.0 Å². The lowest BCUT2D eigenvalue weighted by Gasteiger charge is -2.55. The Hall–Kier alpha value is -3.73. The number of carboxylic acid groups (broad SMARTS) is 1. The minimum absolute atomic E-state index is 0.0921. The summed E-state index contributed by atoms with van der Waals surface area (Å²) in [4.78, 5) is 59.9. The third-order valence-electron chi connectivity index (χ3n) is 5.85. The van der Waals surface area contributed by atoms with Crippen molar-refractivity contribution in [2.45, 2.75) is 28.2 Å². The average molecular weight is 596 g/mol. The topological polar surface area (TPSA) is 225 Å². The maximum atomic E-state index is 13.1. The summed E-state index contributed by atoms with van der Waals surface area (Å²) in [7, 11) is 0. The number of fused-ring (bicyclic) bond motifs is 1. The molecule has 2 fully saturated rings. The summed E-state index contributed by atoms with van der Waals surface area (Å²) >= 11 is 3.33. The molecule has 2 saturated heterocycles. The van der Waals surface area contributed by atoms with Crippen molar-refractivity contribution in [1.29, 1.82) is 0 Å². The first kappa shape index (κ1) is 28.3. The van der Waals surface area contributed by atoms with Gasteiger partial charge in [-0.25, -0.2) is 10.1 Å². The Bertz CT molecular complexity index is 1300. The number of terminal acetylenes is 1. The summed E-state index contributed by atoms with van der Waals surface area (Å²) in [5.41, 5.74) is -1.58. The molecule has 0 aromatic carbocycles. The van der Waals surface area contributed by atoms with Crippen LogP contribution in [0.4, 0.5) is 5.13 Å². The molecular weight excluding hydrogens is 574 g/mol. The predicted octanol–water partition coefficient (Wildman–Crippen LogP) is -1.41. The van der Waals surface area contributed by atoms with Crippen LogP contribution in [0.15, 0.2) is 15.7 Å². The van der Waals surface area contributed by atoms with Gasteiger partial charge in [0.05, 0.1) is 0 Å². The van der Waals surface area contributed by atoms with E-state index >= 15 is 0 Å². The zero-order chi connectivity index (χ0) is 28.0. The number of β-lactam (4-membered cyclic amide) rings is 1. The molecule has 2 aromatic heterocycles. The highest BCUT2D eigenvalue weighted by Gasteiger charge is 2.60. The lowest BCUT2D eigenvalue weighted by Crippen LogP contribution is -2.75. The van der Waals surface area contributed by atoms with Gasteiger partial charge in [-0.2, -0.15) is 0 Å². The molecule has 4 rings (SSSR count). The lowest BCUT2D eigenvalue weighted by atomic mass is 9.82. The smallest absolute Gasteiger partial charge is 0.313 e. The molecule has 16 nitrogen and oxygen atoms in total. The highest BCUT2D eigenvalue weighted by molar-refractivity contribution is 8.01. The molecule has 2 aliphatic heterocycles. The Morgan fingerprint density at radius 3 is 3.00 bits per heavy atom. The first-order valence-corrected chi connectivity index (χ1v) is 13.9. The van der Waals surface area contributed by atoms with E-state index in [1.807, 2.05) is 0 Å². The standard InChI is InChI=1S/C20H21N9O7S3/c1-2-5-36-26-12(10-6-37-18(22-10)21-9-31)14(32)23-13-15(33)29-7-20(17(34)35,8-38-16(13)29)11(3-4-30)39-19-24-27-28-25-19/h1,6,9,11,13,16,30H,3-5,7-8H2,(H,23,32)(H,34,35)(H,21,22,31)(H,24,25,27,28)/t11?,13?,16-,20?/m1/s1. The lowest BCUT2D eigenvalue weighted by molar-refractivity contribution is -0.158. The van der Waals surface area contributed by atoms with Gasteiger partial charge in [-0.3, -0.25) is 19.2 Å². The van der Waals surface area contributed by atoms with Gasteiger partial charge in [-0.05, 0) is 16.8 Å². The van der Waals surface area contributed by atoms with Crippen molar-refractivity contribution in [2.24, 2.45) is 10.6 Å². The number of carbonyl (C=O) groups excluding carboxylic acids is 3. The zero-order valence-corrected chi connectivity index (χ0v) is 22.3. The monoisotopic (exact) mass is 595 g/mol. The van der Waals surface area contributed by atoms with Crippen LogP contribution in [0.1, 0.15) is 12.1 Å². The molecule has 0 saturated carbocycles. The van der Waals surface area contributed by atoms with Crippen molar-refractivity contribution in [1.82, 2.24) is 35.8 Å². The quantitative estimate of drug-likeness (QED) is 0.0342. The van der Waals surface area contributed by atoms with Crippen LogP contribution in [0.5, 0.6) is 0 Å². The Labute approximate surface area is 232 Å². The minimum Gasteiger partial charge on any atom is -0.481 e. The van der Waals surface area contributed by atoms with Crippen LogP contribution in [0.3, 0.4) is 0 Å². The van der Waals surface area contributed by atoms with Crippen molar-refractivity contribution < 1.29 is 34.2 Å². The molecule has 3 unspecified atom stereocenters. The molecule has 0 radical (unpaired) electrons. The molecule has 19 heteroatoms. The number of rotatable bonds is 13. The van der Waals surface area contributed by atoms with Crippen molar-refractivity contribution in [2.75, 3.05) is 30.8 Å². The fraction of sp³-hybridized carbons (Fsp3) is 0.450. The van der Waals surface area contributed by atoms with E-state index in [9.17, 15) is 29.4 Å². The SMILES string of the molecule is C#CCON=C(C(=O)NC1C(=O)N2CC(C(=O)O)(C(CCO)Sc3nnn[nH]3)CS[C@H]12)c1csc(NC=O)n1. The summed E-state index contributed by atoms with van der Waals surface area (Å²) in [6.45, 7) is -0.633. The highest BCUT2D eigenvalue weighted by Crippen LogP contribution is 2.48. The second kappa shape index (κ2) is 12.4. The maximum absolute atomic E-state index is 13.1. The van der Waals surface area contributed by atoms with Gasteiger partial charge in [0, 0.05) is 29.5 Å². The molecular formula is C20H21N9O7S3. The van der Waals surface area contributed by atoms with Crippen LogP contribution >= 0.6 is 34.9 Å². The summed E-state index contributed by atoms with van der Waals surface area (Å²) in [5.74, 6) is -0.0646. The molecule has 2 aliphatic rings. The first-order valence-electron chi connectivity index (χ1n) is 11.1. The van der Waals surface area contributed by atoms with Crippen LogP contribution < -0.4 is 10.6 Å². The number of nitrogens with zero attached hydrogens (tertiary/aromatic N) is 6. The summed E-state index contributed by atoms with van der Waals surface area (Å²) in [6, 6.07) is -0.958. The summed E-state index contributed by atoms with van der Waals surface area (Å²) < 4.78 is 0. The Kier molecular flexibility index (Phi) is 9.01. The van der Waals surface area contributed by atoms with E-state index in [4.69, 9.17) is 11.3 Å². The number of oxime groups is 1. The summed E-state index contributed by atoms with van der Waals surface area (Å²) in [6.07, 6.45) is 5.72. The van der Waals surface area contributed by atoms with Crippen molar-refractivity contribution >= 4 is 69.9 Å². The van der Waals surface area contributed by atoms with Gasteiger partial charge in [0.15, 0.2) is 17.5 Å². The van der Waals surface area contributed by atoms with E-state index in [-0.39, 0.29) is 53.6 Å². The van der Waals surface area contributed by atoms with Crippen molar-refractivity contribution in [3.05, 3.63) is 11.1 Å². The van der Waals surface area contributed by atoms with Gasteiger partial charge in [-0.15, -0.1) is 34.6 Å². The first-order chi connectivity index (χ1) is 18.8. The number of aliphatic hydroxyl groups is 1. The maximum Gasteiger partial charge on any atom is 0.313 e. The van der Waals surface area contributed by atoms with Crippen molar-refractivity contribution in [3.63, 3.8) is 0 Å². The van der Waals surface area contributed by atoms with Crippen LogP contribution in [0.2, 0.25) is 0 Å². The number of carbonyl (C=O) groups is 4. The Morgan fingerprint density at radius 2 is 2.33 bits per heavy atom. The number of aromatic amines is 1. The van der Waals surface area contributed by atoms with Gasteiger partial charge >= 0.3 is 5.97 Å². The van der Waals surface area contributed by atoms with Gasteiger partial charge in [0.1, 0.15) is 22.5 Å². The van der Waals surface area contributed by atoms with E-state index in [2.05, 4.69) is 47.3 Å². The Morgan fingerprint density at radius 1 is 1.51 bits per heavy atom. The molecule has 5 N–H and O–H groups in total. The fourth-order valence-electron chi connectivity index (χ4n) is 4.00. The number of hydrogen-bond acceptors (Lipinski definition) is 14. The molecule has 4 heterocycles. The van der Waals surface area contributed by atoms with E-state index in [1.54, 1.807) is 0 Å². The van der Waals surface area contributed by atoms with E-state index in [0.29, 0.717) is 6.41 Å². The number of tetrazole rings is 1. The number of aliphatic carboxylic acids is 1. The normalized spacial score (nSPS) is 23.1. The molecule has 4 atom stereocenters. The molecule has 206 valence electrons. The van der Waals surface area contributed by atoms with Crippen LogP contribution in [-0.2, 0) is 24.0 Å². The molecule has 39 heavy (non-hydrogen) atoms. The number of anilines is 1. The number of H-pyrrole nitrogens is 1. The second-order valence-corrected chi connectivity index (χ2v) is 11.3. The van der Waals surface area contributed by atoms with Gasteiger partial charge < -0.3 is 30.6 Å². The van der Waals surface area contributed by atoms with E-state index < -0.39 is 39.9 Å². The number of aromatic nitrogens is 5. The molecule has 2 aromatic rings. The second-order valence-electron chi connectivity index (χ2n) is 8.12. The molecule has 0 bridgehead atoms. The van der Waals surface area contributed by atoms with Gasteiger partial charge in [-0.1, -0.05) is 22.8 Å². The van der Waals surface area contributed by atoms with Crippen LogP contribution in [0.25, 0.3) is 0 Å². The molecule has 3 amide bonds. The largest absolute Gasteiger partial charge is 0.481 e. The Balaban J connectivity index is 1.49. The van der Waals surface area contributed by atoms with Crippen molar-refractivity contribution in [3.8, 4) is 12.3 Å². The van der Waals surface area contributed by atoms with Gasteiger partial charge in [0.2, 0.25) is 17.5 Å². The predicted molar refractivity (Wildman–Crippen MR) is 139 cm³/mol. The highest BCUT2D eigenvalue weighted by atomic mass is 32.2. The average Bonchev–Trinajstić information content (AvgIpc) is 3.61. The fourth-order valence-corrected chi connectivity index (χ4v) is 7.54. The zero-order valence-electron chi connectivity index (χ0n) is 19.8. The molecule has 0 aliphatic carbocycles. The number of carboxylic acids is 1. The number of nitrogens with one attached hydrogen (secondary N) is 3. The van der Waals surface area contributed by atoms with Gasteiger partial charge in [0.25, 0.3) is 5.91 Å². The van der Waals surface area contributed by atoms with Crippen LogP contribution in [-0.4, -0.2) is 113 Å².